The van der Waals surface area contributed by atoms with E-state index in [9.17, 15) is 0 Å². The molecule has 3 nitrogen and oxygen atoms in total. The zero-order valence-electron chi connectivity index (χ0n) is 10.0. The SMILES string of the molecule is CSc1ncc2cc3cnccc3c(SC)c2n1. The maximum absolute atomic E-state index is 4.63. The van der Waals surface area contributed by atoms with Crippen molar-refractivity contribution in [3.63, 3.8) is 0 Å². The second-order valence-corrected chi connectivity index (χ2v) is 5.39. The van der Waals surface area contributed by atoms with Crippen molar-refractivity contribution in [2.45, 2.75) is 10.1 Å². The van der Waals surface area contributed by atoms with Gasteiger partial charge in [-0.15, -0.1) is 11.8 Å². The second-order valence-electron chi connectivity index (χ2n) is 3.80. The molecule has 0 bridgehead atoms. The second kappa shape index (κ2) is 4.74. The van der Waals surface area contributed by atoms with Crippen molar-refractivity contribution in [2.24, 2.45) is 0 Å². The third-order valence-electron chi connectivity index (χ3n) is 2.80. The number of benzene rings is 1. The lowest BCUT2D eigenvalue weighted by molar-refractivity contribution is 1.00. The van der Waals surface area contributed by atoms with E-state index in [1.54, 1.807) is 23.5 Å². The van der Waals surface area contributed by atoms with Crippen LogP contribution in [0.3, 0.4) is 0 Å². The van der Waals surface area contributed by atoms with E-state index in [0.29, 0.717) is 0 Å². The van der Waals surface area contributed by atoms with Crippen molar-refractivity contribution in [3.8, 4) is 0 Å². The highest BCUT2D eigenvalue weighted by Gasteiger charge is 2.09. The fourth-order valence-electron chi connectivity index (χ4n) is 1.99. The molecule has 0 atom stereocenters. The largest absolute Gasteiger partial charge is 0.264 e. The summed E-state index contributed by atoms with van der Waals surface area (Å²) >= 11 is 3.28. The quantitative estimate of drug-likeness (QED) is 0.405. The van der Waals surface area contributed by atoms with Gasteiger partial charge in [-0.25, -0.2) is 9.97 Å². The van der Waals surface area contributed by atoms with Crippen LogP contribution in [-0.4, -0.2) is 27.5 Å². The molecule has 0 radical (unpaired) electrons. The normalized spacial score (nSPS) is 11.2. The Bertz CT molecular complexity index is 728. The molecule has 0 spiro atoms. The molecule has 2 heterocycles. The molecule has 18 heavy (non-hydrogen) atoms. The fourth-order valence-corrected chi connectivity index (χ4v) is 3.09. The Labute approximate surface area is 113 Å². The van der Waals surface area contributed by atoms with Gasteiger partial charge in [0.25, 0.3) is 0 Å². The third kappa shape index (κ3) is 1.83. The van der Waals surface area contributed by atoms with E-state index in [2.05, 4.69) is 27.3 Å². The van der Waals surface area contributed by atoms with Gasteiger partial charge in [-0.2, -0.15) is 0 Å². The first-order chi connectivity index (χ1) is 8.83. The van der Waals surface area contributed by atoms with Crippen molar-refractivity contribution >= 4 is 45.2 Å². The Hall–Kier alpha value is -1.33. The van der Waals surface area contributed by atoms with Crippen molar-refractivity contribution in [1.29, 1.82) is 0 Å². The van der Waals surface area contributed by atoms with Crippen LogP contribution in [0.4, 0.5) is 0 Å². The minimum Gasteiger partial charge on any atom is -0.264 e. The number of thioether (sulfide) groups is 2. The number of rotatable bonds is 2. The molecular formula is C13H11N3S2. The number of nitrogens with zero attached hydrogens (tertiary/aromatic N) is 3. The monoisotopic (exact) mass is 273 g/mol. The highest BCUT2D eigenvalue weighted by atomic mass is 32.2. The Morgan fingerprint density at radius 3 is 2.72 bits per heavy atom. The molecule has 0 amide bonds. The average molecular weight is 273 g/mol. The van der Waals surface area contributed by atoms with Gasteiger partial charge < -0.3 is 0 Å². The van der Waals surface area contributed by atoms with Crippen LogP contribution in [-0.2, 0) is 0 Å². The topological polar surface area (TPSA) is 38.7 Å². The zero-order valence-corrected chi connectivity index (χ0v) is 11.7. The van der Waals surface area contributed by atoms with Crippen LogP contribution in [0.2, 0.25) is 0 Å². The number of aromatic nitrogens is 3. The van der Waals surface area contributed by atoms with Gasteiger partial charge in [0.1, 0.15) is 0 Å². The molecule has 0 aliphatic heterocycles. The first-order valence-corrected chi connectivity index (χ1v) is 7.90. The highest BCUT2D eigenvalue weighted by Crippen LogP contribution is 2.33. The summed E-state index contributed by atoms with van der Waals surface area (Å²) in [5, 5.41) is 4.22. The summed E-state index contributed by atoms with van der Waals surface area (Å²) in [4.78, 5) is 14.3. The van der Waals surface area contributed by atoms with Crippen LogP contribution >= 0.6 is 23.5 Å². The Morgan fingerprint density at radius 1 is 1.06 bits per heavy atom. The standard InChI is InChI=1S/C13H11N3S2/c1-17-12-10-3-4-14-6-8(10)5-9-7-15-13(18-2)16-11(9)12/h3-7H,1-2H3. The molecule has 5 heteroatoms. The predicted molar refractivity (Wildman–Crippen MR) is 78.4 cm³/mol. The van der Waals surface area contributed by atoms with Crippen LogP contribution in [0, 0.1) is 0 Å². The van der Waals surface area contributed by atoms with Crippen molar-refractivity contribution < 1.29 is 0 Å². The first-order valence-electron chi connectivity index (χ1n) is 5.45. The minimum absolute atomic E-state index is 0.811. The van der Waals surface area contributed by atoms with Gasteiger partial charge in [0, 0.05) is 39.6 Å². The van der Waals surface area contributed by atoms with Gasteiger partial charge in [0.15, 0.2) is 5.16 Å². The molecule has 0 aliphatic rings. The Balaban J connectivity index is 2.46. The Morgan fingerprint density at radius 2 is 1.94 bits per heavy atom. The zero-order chi connectivity index (χ0) is 12.5. The van der Waals surface area contributed by atoms with E-state index in [1.807, 2.05) is 30.9 Å². The van der Waals surface area contributed by atoms with E-state index < -0.39 is 0 Å². The maximum atomic E-state index is 4.63. The fraction of sp³-hybridized carbons (Fsp3) is 0.154. The highest BCUT2D eigenvalue weighted by molar-refractivity contribution is 7.99. The Kier molecular flexibility index (Phi) is 3.09. The lowest BCUT2D eigenvalue weighted by atomic mass is 10.1. The van der Waals surface area contributed by atoms with E-state index in [0.717, 1.165) is 21.4 Å². The summed E-state index contributed by atoms with van der Waals surface area (Å²) < 4.78 is 0. The summed E-state index contributed by atoms with van der Waals surface area (Å²) in [6, 6.07) is 4.14. The van der Waals surface area contributed by atoms with Crippen LogP contribution in [0.5, 0.6) is 0 Å². The minimum atomic E-state index is 0.811. The van der Waals surface area contributed by atoms with Crippen molar-refractivity contribution in [1.82, 2.24) is 15.0 Å². The molecule has 0 saturated carbocycles. The molecule has 2 aromatic heterocycles. The lowest BCUT2D eigenvalue weighted by Crippen LogP contribution is -1.90. The molecular weight excluding hydrogens is 262 g/mol. The molecule has 0 unspecified atom stereocenters. The summed E-state index contributed by atoms with van der Waals surface area (Å²) in [5.74, 6) is 0. The first kappa shape index (κ1) is 11.7. The van der Waals surface area contributed by atoms with E-state index in [1.165, 1.54) is 10.3 Å². The molecule has 1 aromatic carbocycles. The third-order valence-corrected chi connectivity index (χ3v) is 4.19. The van der Waals surface area contributed by atoms with Crippen LogP contribution in [0.1, 0.15) is 0 Å². The summed E-state index contributed by atoms with van der Waals surface area (Å²) in [6.45, 7) is 0. The van der Waals surface area contributed by atoms with Gasteiger partial charge in [0.05, 0.1) is 5.52 Å². The van der Waals surface area contributed by atoms with Gasteiger partial charge in [-0.05, 0) is 24.6 Å². The molecule has 0 saturated heterocycles. The van der Waals surface area contributed by atoms with Crippen LogP contribution < -0.4 is 0 Å². The molecule has 0 aliphatic carbocycles. The van der Waals surface area contributed by atoms with Crippen LogP contribution in [0.25, 0.3) is 21.7 Å². The average Bonchev–Trinajstić information content (AvgIpc) is 2.44. The van der Waals surface area contributed by atoms with Crippen molar-refractivity contribution in [2.75, 3.05) is 12.5 Å². The van der Waals surface area contributed by atoms with Gasteiger partial charge in [0.2, 0.25) is 0 Å². The number of hydrogen-bond acceptors (Lipinski definition) is 5. The van der Waals surface area contributed by atoms with E-state index >= 15 is 0 Å². The molecule has 0 N–H and O–H groups in total. The molecule has 3 rings (SSSR count). The van der Waals surface area contributed by atoms with Gasteiger partial charge in [-0.1, -0.05) is 11.8 Å². The smallest absolute Gasteiger partial charge is 0.187 e. The number of fused-ring (bicyclic) bond motifs is 2. The summed E-state index contributed by atoms with van der Waals surface area (Å²) in [7, 11) is 0. The number of hydrogen-bond donors (Lipinski definition) is 0. The summed E-state index contributed by atoms with van der Waals surface area (Å²) in [6.07, 6.45) is 9.67. The molecule has 3 aromatic rings. The maximum Gasteiger partial charge on any atom is 0.187 e. The molecule has 90 valence electrons. The predicted octanol–water partition coefficient (Wildman–Crippen LogP) is 3.62. The summed E-state index contributed by atoms with van der Waals surface area (Å²) in [5.41, 5.74) is 1.03. The van der Waals surface area contributed by atoms with E-state index in [4.69, 9.17) is 0 Å². The van der Waals surface area contributed by atoms with Crippen LogP contribution in [0.15, 0.2) is 40.8 Å². The van der Waals surface area contributed by atoms with Gasteiger partial charge >= 0.3 is 0 Å². The number of pyridine rings is 1. The molecule has 0 fully saturated rings. The lowest BCUT2D eigenvalue weighted by Gasteiger charge is -2.08. The van der Waals surface area contributed by atoms with Crippen molar-refractivity contribution in [3.05, 3.63) is 30.7 Å². The van der Waals surface area contributed by atoms with E-state index in [-0.39, 0.29) is 0 Å². The van der Waals surface area contributed by atoms with Gasteiger partial charge in [-0.3, -0.25) is 4.98 Å².